The van der Waals surface area contributed by atoms with E-state index in [1.54, 1.807) is 0 Å². The average molecular weight is 297 g/mol. The van der Waals surface area contributed by atoms with Crippen LogP contribution in [0.15, 0.2) is 48.5 Å². The fourth-order valence-electron chi connectivity index (χ4n) is 2.28. The van der Waals surface area contributed by atoms with Gasteiger partial charge >= 0.3 is 0 Å². The van der Waals surface area contributed by atoms with Crippen molar-refractivity contribution in [3.05, 3.63) is 65.2 Å². The highest BCUT2D eigenvalue weighted by molar-refractivity contribution is 5.81. The molecule has 1 atom stereocenters. The Morgan fingerprint density at radius 3 is 2.59 bits per heavy atom. The standard InChI is InChI=1S/C19H23NO2/c1-4-18(22-17-11-7-8-14(2)12-17)19(21)20-13-16-10-6-5-9-15(16)3/h5-12,18H,4,13H2,1-3H3,(H,20,21)/t18-/m0/s1. The molecule has 2 aromatic rings. The summed E-state index contributed by atoms with van der Waals surface area (Å²) in [5, 5.41) is 2.96. The fourth-order valence-corrected chi connectivity index (χ4v) is 2.28. The Morgan fingerprint density at radius 2 is 1.91 bits per heavy atom. The Kier molecular flexibility index (Phi) is 5.59. The van der Waals surface area contributed by atoms with E-state index in [4.69, 9.17) is 4.74 Å². The van der Waals surface area contributed by atoms with Gasteiger partial charge in [0.2, 0.25) is 0 Å². The molecule has 0 radical (unpaired) electrons. The highest BCUT2D eigenvalue weighted by Gasteiger charge is 2.18. The summed E-state index contributed by atoms with van der Waals surface area (Å²) in [4.78, 5) is 12.3. The molecule has 0 heterocycles. The van der Waals surface area contributed by atoms with E-state index in [2.05, 4.69) is 5.32 Å². The fraction of sp³-hybridized carbons (Fsp3) is 0.316. The van der Waals surface area contributed by atoms with Gasteiger partial charge in [-0.3, -0.25) is 4.79 Å². The van der Waals surface area contributed by atoms with Gasteiger partial charge in [0.15, 0.2) is 6.10 Å². The largest absolute Gasteiger partial charge is 0.481 e. The van der Waals surface area contributed by atoms with E-state index in [0.29, 0.717) is 13.0 Å². The number of rotatable bonds is 6. The predicted molar refractivity (Wildman–Crippen MR) is 88.9 cm³/mol. The quantitative estimate of drug-likeness (QED) is 0.881. The molecule has 3 heteroatoms. The Balaban J connectivity index is 1.96. The van der Waals surface area contributed by atoms with E-state index in [1.165, 1.54) is 5.56 Å². The Labute approximate surface area is 132 Å². The smallest absolute Gasteiger partial charge is 0.261 e. The van der Waals surface area contributed by atoms with E-state index in [0.717, 1.165) is 16.9 Å². The summed E-state index contributed by atoms with van der Waals surface area (Å²) < 4.78 is 5.81. The van der Waals surface area contributed by atoms with Crippen LogP contribution in [0, 0.1) is 13.8 Å². The van der Waals surface area contributed by atoms with Crippen LogP contribution in [-0.4, -0.2) is 12.0 Å². The van der Waals surface area contributed by atoms with Gasteiger partial charge in [-0.1, -0.05) is 43.3 Å². The summed E-state index contributed by atoms with van der Waals surface area (Å²) >= 11 is 0. The molecule has 0 aliphatic carbocycles. The van der Waals surface area contributed by atoms with Crippen molar-refractivity contribution < 1.29 is 9.53 Å². The Morgan fingerprint density at radius 1 is 1.14 bits per heavy atom. The minimum absolute atomic E-state index is 0.0766. The lowest BCUT2D eigenvalue weighted by Gasteiger charge is -2.18. The molecule has 0 aromatic heterocycles. The number of carbonyl (C=O) groups is 1. The van der Waals surface area contributed by atoms with Gasteiger partial charge in [0.25, 0.3) is 5.91 Å². The molecule has 1 amide bonds. The second-order valence-electron chi connectivity index (χ2n) is 5.48. The molecule has 3 nitrogen and oxygen atoms in total. The molecule has 0 spiro atoms. The van der Waals surface area contributed by atoms with Crippen molar-refractivity contribution >= 4 is 5.91 Å². The highest BCUT2D eigenvalue weighted by Crippen LogP contribution is 2.15. The second-order valence-corrected chi connectivity index (χ2v) is 5.48. The van der Waals surface area contributed by atoms with Crippen LogP contribution in [-0.2, 0) is 11.3 Å². The first-order valence-electron chi connectivity index (χ1n) is 7.65. The lowest BCUT2D eigenvalue weighted by Crippen LogP contribution is -2.37. The predicted octanol–water partition coefficient (Wildman–Crippen LogP) is 3.78. The molecular formula is C19H23NO2. The molecule has 0 saturated carbocycles. The van der Waals surface area contributed by atoms with Crippen LogP contribution in [0.4, 0.5) is 0 Å². The number of hydrogen-bond donors (Lipinski definition) is 1. The van der Waals surface area contributed by atoms with Gasteiger partial charge in [-0.25, -0.2) is 0 Å². The van der Waals surface area contributed by atoms with Gasteiger partial charge in [0.05, 0.1) is 0 Å². The average Bonchev–Trinajstić information content (AvgIpc) is 2.51. The van der Waals surface area contributed by atoms with Gasteiger partial charge in [0, 0.05) is 6.54 Å². The third-order valence-corrected chi connectivity index (χ3v) is 3.65. The van der Waals surface area contributed by atoms with E-state index < -0.39 is 6.10 Å². The zero-order valence-corrected chi connectivity index (χ0v) is 13.4. The molecule has 0 bridgehead atoms. The summed E-state index contributed by atoms with van der Waals surface area (Å²) in [5.41, 5.74) is 3.42. The molecule has 0 aliphatic heterocycles. The van der Waals surface area contributed by atoms with Crippen LogP contribution < -0.4 is 10.1 Å². The minimum Gasteiger partial charge on any atom is -0.481 e. The van der Waals surface area contributed by atoms with Crippen molar-refractivity contribution in [1.29, 1.82) is 0 Å². The highest BCUT2D eigenvalue weighted by atomic mass is 16.5. The van der Waals surface area contributed by atoms with Crippen LogP contribution in [0.3, 0.4) is 0 Å². The molecule has 0 unspecified atom stereocenters. The molecular weight excluding hydrogens is 274 g/mol. The zero-order valence-electron chi connectivity index (χ0n) is 13.4. The van der Waals surface area contributed by atoms with Gasteiger partial charge in [-0.15, -0.1) is 0 Å². The third-order valence-electron chi connectivity index (χ3n) is 3.65. The lowest BCUT2D eigenvalue weighted by atomic mass is 10.1. The van der Waals surface area contributed by atoms with Crippen molar-refractivity contribution in [2.75, 3.05) is 0 Å². The number of hydrogen-bond acceptors (Lipinski definition) is 2. The van der Waals surface area contributed by atoms with E-state index >= 15 is 0 Å². The van der Waals surface area contributed by atoms with Crippen molar-refractivity contribution in [1.82, 2.24) is 5.32 Å². The number of ether oxygens (including phenoxy) is 1. The molecule has 2 aromatic carbocycles. The minimum atomic E-state index is -0.467. The molecule has 2 rings (SSSR count). The van der Waals surface area contributed by atoms with Gasteiger partial charge in [-0.2, -0.15) is 0 Å². The molecule has 0 saturated heterocycles. The molecule has 22 heavy (non-hydrogen) atoms. The third kappa shape index (κ3) is 4.35. The summed E-state index contributed by atoms with van der Waals surface area (Å²) in [6, 6.07) is 15.8. The van der Waals surface area contributed by atoms with Crippen LogP contribution in [0.25, 0.3) is 0 Å². The van der Waals surface area contributed by atoms with Gasteiger partial charge < -0.3 is 10.1 Å². The van der Waals surface area contributed by atoms with E-state index in [9.17, 15) is 4.79 Å². The lowest BCUT2D eigenvalue weighted by molar-refractivity contribution is -0.128. The molecule has 116 valence electrons. The van der Waals surface area contributed by atoms with Crippen molar-refractivity contribution in [2.24, 2.45) is 0 Å². The number of nitrogens with one attached hydrogen (secondary N) is 1. The first kappa shape index (κ1) is 16.1. The number of aryl methyl sites for hydroxylation is 2. The Bertz CT molecular complexity index is 637. The molecule has 0 fully saturated rings. The first-order valence-corrected chi connectivity index (χ1v) is 7.65. The molecule has 0 aliphatic rings. The van der Waals surface area contributed by atoms with Crippen LogP contribution in [0.2, 0.25) is 0 Å². The van der Waals surface area contributed by atoms with Crippen LogP contribution in [0.5, 0.6) is 5.75 Å². The SMILES string of the molecule is CC[C@H](Oc1cccc(C)c1)C(=O)NCc1ccccc1C. The molecule has 1 N–H and O–H groups in total. The van der Waals surface area contributed by atoms with Gasteiger partial charge in [-0.05, 0) is 49.1 Å². The maximum atomic E-state index is 12.3. The van der Waals surface area contributed by atoms with Crippen molar-refractivity contribution in [3.8, 4) is 5.75 Å². The summed E-state index contributed by atoms with van der Waals surface area (Å²) in [6.45, 7) is 6.53. The monoisotopic (exact) mass is 297 g/mol. The topological polar surface area (TPSA) is 38.3 Å². The number of amides is 1. The van der Waals surface area contributed by atoms with E-state index in [1.807, 2.05) is 69.3 Å². The van der Waals surface area contributed by atoms with Crippen molar-refractivity contribution in [2.45, 2.75) is 39.8 Å². The number of carbonyl (C=O) groups excluding carboxylic acids is 1. The van der Waals surface area contributed by atoms with E-state index in [-0.39, 0.29) is 5.91 Å². The Hall–Kier alpha value is -2.29. The normalized spacial score (nSPS) is 11.8. The second kappa shape index (κ2) is 7.64. The van der Waals surface area contributed by atoms with Gasteiger partial charge in [0.1, 0.15) is 5.75 Å². The summed E-state index contributed by atoms with van der Waals surface area (Å²) in [6.07, 6.45) is 0.166. The van der Waals surface area contributed by atoms with Crippen LogP contribution >= 0.6 is 0 Å². The van der Waals surface area contributed by atoms with Crippen molar-refractivity contribution in [3.63, 3.8) is 0 Å². The number of benzene rings is 2. The van der Waals surface area contributed by atoms with Crippen LogP contribution in [0.1, 0.15) is 30.0 Å². The maximum absolute atomic E-state index is 12.3. The maximum Gasteiger partial charge on any atom is 0.261 e. The summed E-state index contributed by atoms with van der Waals surface area (Å²) in [5.74, 6) is 0.658. The first-order chi connectivity index (χ1) is 10.6. The zero-order chi connectivity index (χ0) is 15.9. The summed E-state index contributed by atoms with van der Waals surface area (Å²) in [7, 11) is 0.